The first kappa shape index (κ1) is 14.9. The number of aryl methyl sites for hydroxylation is 1. The lowest BCUT2D eigenvalue weighted by atomic mass is 10.2. The van der Waals surface area contributed by atoms with E-state index >= 15 is 0 Å². The summed E-state index contributed by atoms with van der Waals surface area (Å²) in [4.78, 5) is 12.1. The van der Waals surface area contributed by atoms with Gasteiger partial charge < -0.3 is 10.4 Å². The van der Waals surface area contributed by atoms with Gasteiger partial charge >= 0.3 is 0 Å². The SMILES string of the molecule is Cn1nc(C(=O)NCCSCCCO)c2ccccc21. The summed E-state index contributed by atoms with van der Waals surface area (Å²) in [5.41, 5.74) is 1.43. The number of carbonyl (C=O) groups is 1. The van der Waals surface area contributed by atoms with Gasteiger partial charge in [0.2, 0.25) is 0 Å². The number of nitrogens with zero attached hydrogens (tertiary/aromatic N) is 2. The fourth-order valence-electron chi connectivity index (χ4n) is 1.97. The van der Waals surface area contributed by atoms with Crippen LogP contribution in [0.3, 0.4) is 0 Å². The zero-order valence-electron chi connectivity index (χ0n) is 11.5. The zero-order valence-corrected chi connectivity index (χ0v) is 12.3. The van der Waals surface area contributed by atoms with Crippen LogP contribution in [0.5, 0.6) is 0 Å². The highest BCUT2D eigenvalue weighted by atomic mass is 32.2. The summed E-state index contributed by atoms with van der Waals surface area (Å²) >= 11 is 1.72. The number of hydrogen-bond donors (Lipinski definition) is 2. The van der Waals surface area contributed by atoms with E-state index in [1.807, 2.05) is 31.3 Å². The third-order valence-corrected chi connectivity index (χ3v) is 4.02. The summed E-state index contributed by atoms with van der Waals surface area (Å²) in [5, 5.41) is 16.7. The summed E-state index contributed by atoms with van der Waals surface area (Å²) in [5.74, 6) is 1.62. The predicted molar refractivity (Wildman–Crippen MR) is 82.1 cm³/mol. The molecule has 0 saturated carbocycles. The molecule has 0 saturated heterocycles. The number of benzene rings is 1. The molecule has 0 aliphatic carbocycles. The Labute approximate surface area is 122 Å². The molecule has 0 aliphatic heterocycles. The lowest BCUT2D eigenvalue weighted by Gasteiger charge is -2.03. The number of aromatic nitrogens is 2. The summed E-state index contributed by atoms with van der Waals surface area (Å²) in [6.07, 6.45) is 0.795. The van der Waals surface area contributed by atoms with E-state index in [2.05, 4.69) is 10.4 Å². The van der Waals surface area contributed by atoms with E-state index < -0.39 is 0 Å². The average molecular weight is 293 g/mol. The number of aliphatic hydroxyl groups is 1. The molecule has 0 aliphatic rings. The molecule has 1 aromatic carbocycles. The van der Waals surface area contributed by atoms with E-state index in [0.717, 1.165) is 28.8 Å². The van der Waals surface area contributed by atoms with E-state index in [0.29, 0.717) is 12.2 Å². The van der Waals surface area contributed by atoms with Crippen LogP contribution in [0, 0.1) is 0 Å². The average Bonchev–Trinajstić information content (AvgIpc) is 2.80. The fraction of sp³-hybridized carbons (Fsp3) is 0.429. The molecule has 0 spiro atoms. The van der Waals surface area contributed by atoms with Gasteiger partial charge in [-0.25, -0.2) is 0 Å². The van der Waals surface area contributed by atoms with Crippen LogP contribution in [-0.2, 0) is 7.05 Å². The highest BCUT2D eigenvalue weighted by molar-refractivity contribution is 7.99. The Balaban J connectivity index is 1.91. The summed E-state index contributed by atoms with van der Waals surface area (Å²) in [6.45, 7) is 0.832. The normalized spacial score (nSPS) is 10.9. The number of carbonyl (C=O) groups excluding carboxylic acids is 1. The van der Waals surface area contributed by atoms with Crippen molar-refractivity contribution >= 4 is 28.6 Å². The van der Waals surface area contributed by atoms with Crippen LogP contribution in [-0.4, -0.2) is 45.5 Å². The molecule has 108 valence electrons. The molecule has 2 N–H and O–H groups in total. The van der Waals surface area contributed by atoms with Crippen molar-refractivity contribution in [3.05, 3.63) is 30.0 Å². The van der Waals surface area contributed by atoms with Crippen LogP contribution in [0.1, 0.15) is 16.9 Å². The van der Waals surface area contributed by atoms with E-state index in [1.165, 1.54) is 0 Å². The zero-order chi connectivity index (χ0) is 14.4. The number of para-hydroxylation sites is 1. The highest BCUT2D eigenvalue weighted by Gasteiger charge is 2.14. The smallest absolute Gasteiger partial charge is 0.272 e. The van der Waals surface area contributed by atoms with Crippen LogP contribution in [0.25, 0.3) is 10.9 Å². The van der Waals surface area contributed by atoms with Crippen molar-refractivity contribution in [2.75, 3.05) is 24.7 Å². The number of aliphatic hydroxyl groups excluding tert-OH is 1. The lowest BCUT2D eigenvalue weighted by molar-refractivity contribution is 0.0952. The van der Waals surface area contributed by atoms with E-state index in [4.69, 9.17) is 5.11 Å². The third kappa shape index (κ3) is 3.52. The maximum absolute atomic E-state index is 12.1. The Morgan fingerprint density at radius 2 is 2.20 bits per heavy atom. The highest BCUT2D eigenvalue weighted by Crippen LogP contribution is 2.17. The van der Waals surface area contributed by atoms with Gasteiger partial charge in [0.15, 0.2) is 5.69 Å². The molecule has 20 heavy (non-hydrogen) atoms. The van der Waals surface area contributed by atoms with Gasteiger partial charge in [-0.3, -0.25) is 9.48 Å². The van der Waals surface area contributed by atoms with Crippen LogP contribution in [0.15, 0.2) is 24.3 Å². The predicted octanol–water partition coefficient (Wildman–Crippen LogP) is 1.42. The third-order valence-electron chi connectivity index (χ3n) is 2.95. The van der Waals surface area contributed by atoms with Crippen LogP contribution >= 0.6 is 11.8 Å². The van der Waals surface area contributed by atoms with Crippen molar-refractivity contribution in [2.45, 2.75) is 6.42 Å². The van der Waals surface area contributed by atoms with Gasteiger partial charge in [0, 0.05) is 31.3 Å². The van der Waals surface area contributed by atoms with Crippen molar-refractivity contribution < 1.29 is 9.90 Å². The number of rotatable bonds is 7. The molecular formula is C14H19N3O2S. The second-order valence-electron chi connectivity index (χ2n) is 4.43. The van der Waals surface area contributed by atoms with Crippen molar-refractivity contribution in [3.8, 4) is 0 Å². The molecule has 1 heterocycles. The first-order valence-corrected chi connectivity index (χ1v) is 7.78. The maximum atomic E-state index is 12.1. The Kier molecular flexibility index (Phi) is 5.43. The van der Waals surface area contributed by atoms with Crippen molar-refractivity contribution in [2.24, 2.45) is 7.05 Å². The first-order valence-electron chi connectivity index (χ1n) is 6.62. The van der Waals surface area contributed by atoms with Crippen LogP contribution < -0.4 is 5.32 Å². The topological polar surface area (TPSA) is 67.2 Å². The Hall–Kier alpha value is -1.53. The Bertz CT molecular complexity index is 583. The largest absolute Gasteiger partial charge is 0.396 e. The monoisotopic (exact) mass is 293 g/mol. The molecule has 0 atom stereocenters. The maximum Gasteiger partial charge on any atom is 0.272 e. The molecule has 0 unspecified atom stereocenters. The van der Waals surface area contributed by atoms with Gasteiger partial charge in [0.25, 0.3) is 5.91 Å². The summed E-state index contributed by atoms with van der Waals surface area (Å²) in [7, 11) is 1.84. The van der Waals surface area contributed by atoms with Gasteiger partial charge in [-0.15, -0.1) is 0 Å². The first-order chi connectivity index (χ1) is 9.74. The number of nitrogens with one attached hydrogen (secondary N) is 1. The standard InChI is InChI=1S/C14H19N3O2S/c1-17-12-6-3-2-5-11(12)13(16-17)14(19)15-7-10-20-9-4-8-18/h2-3,5-6,18H,4,7-10H2,1H3,(H,15,19). The Morgan fingerprint density at radius 3 is 3.00 bits per heavy atom. The van der Waals surface area contributed by atoms with Gasteiger partial charge in [-0.05, 0) is 18.2 Å². The van der Waals surface area contributed by atoms with Crippen LogP contribution in [0.2, 0.25) is 0 Å². The van der Waals surface area contributed by atoms with E-state index in [9.17, 15) is 4.79 Å². The summed E-state index contributed by atoms with van der Waals surface area (Å²) in [6, 6.07) is 7.70. The van der Waals surface area contributed by atoms with Crippen molar-refractivity contribution in [1.82, 2.24) is 15.1 Å². The second-order valence-corrected chi connectivity index (χ2v) is 5.66. The van der Waals surface area contributed by atoms with Gasteiger partial charge in [0.05, 0.1) is 5.52 Å². The molecule has 2 rings (SSSR count). The van der Waals surface area contributed by atoms with Gasteiger partial charge in [0.1, 0.15) is 0 Å². The quantitative estimate of drug-likeness (QED) is 0.758. The van der Waals surface area contributed by atoms with Gasteiger partial charge in [-0.2, -0.15) is 16.9 Å². The molecular weight excluding hydrogens is 274 g/mol. The molecule has 6 heteroatoms. The molecule has 0 radical (unpaired) electrons. The van der Waals surface area contributed by atoms with Crippen LogP contribution in [0.4, 0.5) is 0 Å². The Morgan fingerprint density at radius 1 is 1.40 bits per heavy atom. The molecule has 1 amide bonds. The van der Waals surface area contributed by atoms with E-state index in [-0.39, 0.29) is 12.5 Å². The second kappa shape index (κ2) is 7.31. The van der Waals surface area contributed by atoms with E-state index in [1.54, 1.807) is 16.4 Å². The number of amides is 1. The fourth-order valence-corrected chi connectivity index (χ4v) is 2.75. The summed E-state index contributed by atoms with van der Waals surface area (Å²) < 4.78 is 1.72. The van der Waals surface area contributed by atoms with Gasteiger partial charge in [-0.1, -0.05) is 18.2 Å². The van der Waals surface area contributed by atoms with Crippen molar-refractivity contribution in [1.29, 1.82) is 0 Å². The number of fused-ring (bicyclic) bond motifs is 1. The molecule has 5 nitrogen and oxygen atoms in total. The minimum absolute atomic E-state index is 0.135. The molecule has 0 fully saturated rings. The lowest BCUT2D eigenvalue weighted by Crippen LogP contribution is -2.26. The minimum atomic E-state index is -0.135. The molecule has 0 bridgehead atoms. The molecule has 1 aromatic heterocycles. The number of hydrogen-bond acceptors (Lipinski definition) is 4. The van der Waals surface area contributed by atoms with Crippen molar-refractivity contribution in [3.63, 3.8) is 0 Å². The number of thioether (sulfide) groups is 1. The minimum Gasteiger partial charge on any atom is -0.396 e. The molecule has 2 aromatic rings.